The van der Waals surface area contributed by atoms with Crippen LogP contribution in [0, 0.1) is 0 Å². The Morgan fingerprint density at radius 1 is 0.917 bits per heavy atom. The Morgan fingerprint density at radius 3 is 2.21 bits per heavy atom. The van der Waals surface area contributed by atoms with Gasteiger partial charge in [-0.05, 0) is 49.2 Å². The number of nitrogens with zero attached hydrogens (tertiary/aromatic N) is 1. The molecule has 0 aliphatic rings. The maximum atomic E-state index is 12.7. The number of sulfonamides is 1. The van der Waals surface area contributed by atoms with Crippen molar-refractivity contribution in [2.75, 3.05) is 20.1 Å². The van der Waals surface area contributed by atoms with E-state index in [0.717, 1.165) is 37.1 Å². The first-order valence-corrected chi connectivity index (χ1v) is 9.78. The summed E-state index contributed by atoms with van der Waals surface area (Å²) < 4.78 is 26.7. The van der Waals surface area contributed by atoms with Crippen LogP contribution in [-0.4, -0.2) is 32.9 Å². The van der Waals surface area contributed by atoms with Crippen LogP contribution in [0.25, 0.3) is 0 Å². The van der Waals surface area contributed by atoms with Crippen LogP contribution in [0.2, 0.25) is 0 Å². The number of nitrogens with one attached hydrogen (secondary N) is 1. The fourth-order valence-electron chi connectivity index (χ4n) is 2.47. The third kappa shape index (κ3) is 5.16. The average Bonchev–Trinajstić information content (AvgIpc) is 2.60. The van der Waals surface area contributed by atoms with Crippen molar-refractivity contribution in [3.63, 3.8) is 0 Å². The fourth-order valence-corrected chi connectivity index (χ4v) is 3.63. The zero-order chi connectivity index (χ0) is 17.4. The molecule has 2 rings (SSSR count). The summed E-state index contributed by atoms with van der Waals surface area (Å²) in [5, 5.41) is 3.35. The third-order valence-corrected chi connectivity index (χ3v) is 5.71. The van der Waals surface area contributed by atoms with Gasteiger partial charge in [0.15, 0.2) is 0 Å². The van der Waals surface area contributed by atoms with E-state index in [1.54, 1.807) is 19.2 Å². The molecule has 0 aliphatic heterocycles. The Hall–Kier alpha value is -1.69. The summed E-state index contributed by atoms with van der Waals surface area (Å²) >= 11 is 0. The Morgan fingerprint density at radius 2 is 1.58 bits per heavy atom. The van der Waals surface area contributed by atoms with Gasteiger partial charge in [-0.15, -0.1) is 0 Å². The number of rotatable bonds is 9. The molecular formula is C19H26N2O2S. The zero-order valence-electron chi connectivity index (χ0n) is 14.4. The molecule has 0 fully saturated rings. The fraction of sp³-hybridized carbons (Fsp3) is 0.368. The van der Waals surface area contributed by atoms with Crippen molar-refractivity contribution in [1.82, 2.24) is 9.62 Å². The molecule has 5 heteroatoms. The van der Waals surface area contributed by atoms with Gasteiger partial charge >= 0.3 is 0 Å². The lowest BCUT2D eigenvalue weighted by Gasteiger charge is -2.17. The lowest BCUT2D eigenvalue weighted by Crippen LogP contribution is -2.26. The molecule has 0 bridgehead atoms. The highest BCUT2D eigenvalue weighted by Gasteiger charge is 2.20. The second-order valence-corrected chi connectivity index (χ2v) is 7.94. The van der Waals surface area contributed by atoms with Crippen LogP contribution in [-0.2, 0) is 23.0 Å². The maximum Gasteiger partial charge on any atom is 0.243 e. The van der Waals surface area contributed by atoms with Gasteiger partial charge in [-0.25, -0.2) is 8.42 Å². The molecule has 2 aromatic rings. The minimum Gasteiger partial charge on any atom is -0.316 e. The minimum absolute atomic E-state index is 0.339. The molecule has 0 unspecified atom stereocenters. The summed E-state index contributed by atoms with van der Waals surface area (Å²) in [6.07, 6.45) is 2.02. The highest BCUT2D eigenvalue weighted by atomic mass is 32.2. The molecule has 0 aliphatic carbocycles. The van der Waals surface area contributed by atoms with E-state index in [9.17, 15) is 8.42 Å². The molecule has 0 spiro atoms. The molecule has 0 heterocycles. The number of benzene rings is 2. The molecule has 1 N–H and O–H groups in total. The molecule has 2 aromatic carbocycles. The van der Waals surface area contributed by atoms with Gasteiger partial charge in [0.05, 0.1) is 4.90 Å². The summed E-state index contributed by atoms with van der Waals surface area (Å²) in [5.41, 5.74) is 2.12. The summed E-state index contributed by atoms with van der Waals surface area (Å²) in [4.78, 5) is 0.339. The summed E-state index contributed by atoms with van der Waals surface area (Å²) in [7, 11) is -1.85. The smallest absolute Gasteiger partial charge is 0.243 e. The summed E-state index contributed by atoms with van der Waals surface area (Å²) in [6.45, 7) is 4.43. The molecule has 24 heavy (non-hydrogen) atoms. The van der Waals surface area contributed by atoms with E-state index in [0.29, 0.717) is 11.4 Å². The van der Waals surface area contributed by atoms with Crippen LogP contribution in [0.4, 0.5) is 0 Å². The van der Waals surface area contributed by atoms with Gasteiger partial charge in [-0.2, -0.15) is 4.31 Å². The third-order valence-electron chi connectivity index (χ3n) is 3.90. The van der Waals surface area contributed by atoms with E-state index in [4.69, 9.17) is 0 Å². The van der Waals surface area contributed by atoms with E-state index in [2.05, 4.69) is 12.2 Å². The van der Waals surface area contributed by atoms with Gasteiger partial charge in [0.2, 0.25) is 10.0 Å². The standard InChI is InChI=1S/C19H26N2O2S/c1-3-14-20-15-13-17-9-11-19(12-10-17)24(22,23)21(2)16-18-7-5-4-6-8-18/h4-12,20H,3,13-16H2,1-2H3. The predicted molar refractivity (Wildman–Crippen MR) is 98.4 cm³/mol. The van der Waals surface area contributed by atoms with Crippen molar-refractivity contribution in [1.29, 1.82) is 0 Å². The predicted octanol–water partition coefficient (Wildman–Crippen LogP) is 3.05. The average molecular weight is 346 g/mol. The molecule has 0 saturated carbocycles. The highest BCUT2D eigenvalue weighted by molar-refractivity contribution is 7.89. The van der Waals surface area contributed by atoms with Crippen LogP contribution in [0.1, 0.15) is 24.5 Å². The second-order valence-electron chi connectivity index (χ2n) is 5.89. The Labute approximate surface area is 145 Å². The Kier molecular flexibility index (Phi) is 6.97. The highest BCUT2D eigenvalue weighted by Crippen LogP contribution is 2.17. The molecular weight excluding hydrogens is 320 g/mol. The van der Waals surface area contributed by atoms with Crippen LogP contribution >= 0.6 is 0 Å². The van der Waals surface area contributed by atoms with Gasteiger partial charge in [-0.1, -0.05) is 49.4 Å². The van der Waals surface area contributed by atoms with Crippen molar-refractivity contribution in [3.8, 4) is 0 Å². The van der Waals surface area contributed by atoms with Crippen LogP contribution in [0.3, 0.4) is 0 Å². The van der Waals surface area contributed by atoms with Crippen LogP contribution < -0.4 is 5.32 Å². The molecule has 0 amide bonds. The summed E-state index contributed by atoms with van der Waals surface area (Å²) in [5.74, 6) is 0. The molecule has 0 atom stereocenters. The minimum atomic E-state index is -3.47. The van der Waals surface area contributed by atoms with Crippen LogP contribution in [0.5, 0.6) is 0 Å². The molecule has 0 radical (unpaired) electrons. The molecule has 4 nitrogen and oxygen atoms in total. The van der Waals surface area contributed by atoms with E-state index in [-0.39, 0.29) is 0 Å². The Balaban J connectivity index is 2.00. The first-order chi connectivity index (χ1) is 11.5. The van der Waals surface area contributed by atoms with Crippen molar-refractivity contribution in [2.24, 2.45) is 0 Å². The van der Waals surface area contributed by atoms with Crippen molar-refractivity contribution in [2.45, 2.75) is 31.2 Å². The van der Waals surface area contributed by atoms with Crippen LogP contribution in [0.15, 0.2) is 59.5 Å². The normalized spacial score (nSPS) is 11.8. The van der Waals surface area contributed by atoms with E-state index in [1.165, 1.54) is 4.31 Å². The first-order valence-electron chi connectivity index (χ1n) is 8.34. The quantitative estimate of drug-likeness (QED) is 0.710. The van der Waals surface area contributed by atoms with Gasteiger partial charge in [0.25, 0.3) is 0 Å². The number of hydrogen-bond donors (Lipinski definition) is 1. The van der Waals surface area contributed by atoms with Crippen molar-refractivity contribution in [3.05, 3.63) is 65.7 Å². The van der Waals surface area contributed by atoms with Gasteiger partial charge in [-0.3, -0.25) is 0 Å². The van der Waals surface area contributed by atoms with Gasteiger partial charge in [0.1, 0.15) is 0 Å². The number of hydrogen-bond acceptors (Lipinski definition) is 3. The SMILES string of the molecule is CCCNCCc1ccc(S(=O)(=O)N(C)Cc2ccccc2)cc1. The van der Waals surface area contributed by atoms with E-state index < -0.39 is 10.0 Å². The molecule has 0 saturated heterocycles. The van der Waals surface area contributed by atoms with E-state index in [1.807, 2.05) is 42.5 Å². The maximum absolute atomic E-state index is 12.7. The lowest BCUT2D eigenvalue weighted by molar-refractivity contribution is 0.466. The van der Waals surface area contributed by atoms with Gasteiger partial charge in [0, 0.05) is 13.6 Å². The topological polar surface area (TPSA) is 49.4 Å². The monoisotopic (exact) mass is 346 g/mol. The zero-order valence-corrected chi connectivity index (χ0v) is 15.2. The Bertz CT molecular complexity index is 713. The summed E-state index contributed by atoms with van der Waals surface area (Å²) in [6, 6.07) is 16.8. The second kappa shape index (κ2) is 8.97. The lowest BCUT2D eigenvalue weighted by atomic mass is 10.1. The van der Waals surface area contributed by atoms with E-state index >= 15 is 0 Å². The molecule has 0 aromatic heterocycles. The van der Waals surface area contributed by atoms with Crippen molar-refractivity contribution >= 4 is 10.0 Å². The largest absolute Gasteiger partial charge is 0.316 e. The molecule has 130 valence electrons. The van der Waals surface area contributed by atoms with Gasteiger partial charge < -0.3 is 5.32 Å². The van der Waals surface area contributed by atoms with Crippen molar-refractivity contribution < 1.29 is 8.42 Å². The first kappa shape index (κ1) is 18.6.